The third kappa shape index (κ3) is 4.46. The molecule has 0 atom stereocenters. The zero-order chi connectivity index (χ0) is 13.7. The van der Waals surface area contributed by atoms with Crippen LogP contribution in [0.3, 0.4) is 0 Å². The molecule has 0 unspecified atom stereocenters. The average molecular weight is 267 g/mol. The first-order valence-electron chi connectivity index (χ1n) is 7.92. The molecule has 2 rings (SSSR count). The van der Waals surface area contributed by atoms with Crippen LogP contribution in [-0.2, 0) is 4.79 Å². The molecule has 4 nitrogen and oxygen atoms in total. The zero-order valence-corrected chi connectivity index (χ0v) is 12.3. The number of nitrogens with one attached hydrogen (secondary N) is 1. The topological polar surface area (TPSA) is 58.4 Å². The molecule has 19 heavy (non-hydrogen) atoms. The number of piperidine rings is 1. The minimum atomic E-state index is -0.230. The molecule has 2 fully saturated rings. The Morgan fingerprint density at radius 2 is 1.89 bits per heavy atom. The number of carbonyl (C=O) groups is 1. The number of hydrogen-bond donors (Lipinski definition) is 2. The monoisotopic (exact) mass is 267 g/mol. The molecule has 0 radical (unpaired) electrons. The van der Waals surface area contributed by atoms with E-state index in [2.05, 4.69) is 17.1 Å². The van der Waals surface area contributed by atoms with Gasteiger partial charge in [-0.25, -0.2) is 0 Å². The second-order valence-electron chi connectivity index (χ2n) is 6.38. The van der Waals surface area contributed by atoms with E-state index in [1.165, 1.54) is 19.3 Å². The van der Waals surface area contributed by atoms with Crippen LogP contribution in [0.2, 0.25) is 0 Å². The fraction of sp³-hybridized carbons (Fsp3) is 0.933. The maximum absolute atomic E-state index is 12.1. The SMILES string of the molecule is CCN1CCC(NC(=O)CC2(N)CCCCC2)CC1. The fourth-order valence-corrected chi connectivity index (χ4v) is 3.42. The molecule has 0 spiro atoms. The lowest BCUT2D eigenvalue weighted by Gasteiger charge is -2.35. The Hall–Kier alpha value is -0.610. The number of carbonyl (C=O) groups excluding carboxylic acids is 1. The van der Waals surface area contributed by atoms with E-state index in [9.17, 15) is 4.79 Å². The van der Waals surface area contributed by atoms with Gasteiger partial charge in [-0.3, -0.25) is 4.79 Å². The maximum atomic E-state index is 12.1. The van der Waals surface area contributed by atoms with E-state index in [4.69, 9.17) is 5.73 Å². The van der Waals surface area contributed by atoms with Gasteiger partial charge in [0.2, 0.25) is 5.91 Å². The number of likely N-dealkylation sites (tertiary alicyclic amines) is 1. The van der Waals surface area contributed by atoms with Gasteiger partial charge < -0.3 is 16.0 Å². The van der Waals surface area contributed by atoms with Gasteiger partial charge in [0, 0.05) is 31.1 Å². The van der Waals surface area contributed by atoms with Crippen LogP contribution in [0.4, 0.5) is 0 Å². The first-order valence-corrected chi connectivity index (χ1v) is 7.92. The second-order valence-corrected chi connectivity index (χ2v) is 6.38. The minimum absolute atomic E-state index is 0.166. The molecular weight excluding hydrogens is 238 g/mol. The third-order valence-electron chi connectivity index (χ3n) is 4.76. The molecule has 1 saturated heterocycles. The first kappa shape index (κ1) is 14.8. The molecule has 0 aromatic carbocycles. The van der Waals surface area contributed by atoms with Crippen molar-refractivity contribution in [1.82, 2.24) is 10.2 Å². The highest BCUT2D eigenvalue weighted by atomic mass is 16.1. The average Bonchev–Trinajstić information content (AvgIpc) is 2.39. The molecule has 0 aromatic heterocycles. The maximum Gasteiger partial charge on any atom is 0.222 e. The molecule has 0 bridgehead atoms. The van der Waals surface area contributed by atoms with Crippen LogP contribution in [0, 0.1) is 0 Å². The number of rotatable bonds is 4. The third-order valence-corrected chi connectivity index (χ3v) is 4.76. The Morgan fingerprint density at radius 3 is 2.47 bits per heavy atom. The molecular formula is C15H29N3O. The lowest BCUT2D eigenvalue weighted by atomic mass is 9.80. The van der Waals surface area contributed by atoms with Crippen LogP contribution in [0.1, 0.15) is 58.3 Å². The van der Waals surface area contributed by atoms with Crippen molar-refractivity contribution in [3.63, 3.8) is 0 Å². The summed E-state index contributed by atoms with van der Waals surface area (Å²) in [5, 5.41) is 3.19. The summed E-state index contributed by atoms with van der Waals surface area (Å²) < 4.78 is 0. The van der Waals surface area contributed by atoms with Gasteiger partial charge in [0.05, 0.1) is 0 Å². The quantitative estimate of drug-likeness (QED) is 0.814. The van der Waals surface area contributed by atoms with Gasteiger partial charge in [-0.05, 0) is 32.2 Å². The molecule has 3 N–H and O–H groups in total. The molecule has 1 saturated carbocycles. The number of amides is 1. The lowest BCUT2D eigenvalue weighted by molar-refractivity contribution is -0.123. The molecule has 1 heterocycles. The minimum Gasteiger partial charge on any atom is -0.353 e. The van der Waals surface area contributed by atoms with Gasteiger partial charge in [0.15, 0.2) is 0 Å². The Balaban J connectivity index is 1.72. The summed E-state index contributed by atoms with van der Waals surface area (Å²) in [6.07, 6.45) is 8.33. The van der Waals surface area contributed by atoms with E-state index in [0.29, 0.717) is 12.5 Å². The molecule has 1 amide bonds. The van der Waals surface area contributed by atoms with E-state index in [-0.39, 0.29) is 11.4 Å². The number of nitrogens with zero attached hydrogens (tertiary/aromatic N) is 1. The van der Waals surface area contributed by atoms with Crippen molar-refractivity contribution in [2.45, 2.75) is 69.9 Å². The van der Waals surface area contributed by atoms with Crippen molar-refractivity contribution < 1.29 is 4.79 Å². The normalized spacial score (nSPS) is 25.2. The lowest BCUT2D eigenvalue weighted by Crippen LogP contribution is -2.49. The van der Waals surface area contributed by atoms with Crippen LogP contribution < -0.4 is 11.1 Å². The van der Waals surface area contributed by atoms with E-state index in [1.54, 1.807) is 0 Å². The van der Waals surface area contributed by atoms with E-state index in [1.807, 2.05) is 0 Å². The van der Waals surface area contributed by atoms with Crippen molar-refractivity contribution >= 4 is 5.91 Å². The van der Waals surface area contributed by atoms with Crippen LogP contribution in [-0.4, -0.2) is 42.0 Å². The van der Waals surface area contributed by atoms with E-state index in [0.717, 1.165) is 45.3 Å². The van der Waals surface area contributed by atoms with Crippen molar-refractivity contribution in [2.75, 3.05) is 19.6 Å². The van der Waals surface area contributed by atoms with Crippen molar-refractivity contribution in [1.29, 1.82) is 0 Å². The van der Waals surface area contributed by atoms with Crippen LogP contribution in [0.15, 0.2) is 0 Å². The smallest absolute Gasteiger partial charge is 0.222 e. The summed E-state index contributed by atoms with van der Waals surface area (Å²) in [5.41, 5.74) is 6.11. The Bertz CT molecular complexity index is 292. The predicted molar refractivity (Wildman–Crippen MR) is 77.9 cm³/mol. The summed E-state index contributed by atoms with van der Waals surface area (Å²) in [5.74, 6) is 0.166. The zero-order valence-electron chi connectivity index (χ0n) is 12.3. The number of nitrogens with two attached hydrogens (primary N) is 1. The van der Waals surface area contributed by atoms with Gasteiger partial charge in [-0.2, -0.15) is 0 Å². The molecule has 110 valence electrons. The number of hydrogen-bond acceptors (Lipinski definition) is 3. The summed E-state index contributed by atoms with van der Waals surface area (Å²) in [7, 11) is 0. The van der Waals surface area contributed by atoms with Crippen molar-refractivity contribution in [2.24, 2.45) is 5.73 Å². The standard InChI is InChI=1S/C15H29N3O/c1-2-18-10-6-13(7-11-18)17-14(19)12-15(16)8-4-3-5-9-15/h13H,2-12,16H2,1H3,(H,17,19). The molecule has 1 aliphatic carbocycles. The highest BCUT2D eigenvalue weighted by molar-refractivity contribution is 5.77. The molecule has 4 heteroatoms. The van der Waals surface area contributed by atoms with Gasteiger partial charge in [0.1, 0.15) is 0 Å². The Morgan fingerprint density at radius 1 is 1.26 bits per heavy atom. The van der Waals surface area contributed by atoms with Crippen molar-refractivity contribution in [3.05, 3.63) is 0 Å². The highest BCUT2D eigenvalue weighted by Gasteiger charge is 2.31. The first-order chi connectivity index (χ1) is 9.11. The predicted octanol–water partition coefficient (Wildman–Crippen LogP) is 1.64. The molecule has 2 aliphatic rings. The van der Waals surface area contributed by atoms with Crippen molar-refractivity contribution in [3.8, 4) is 0 Å². The van der Waals surface area contributed by atoms with Gasteiger partial charge in [-0.15, -0.1) is 0 Å². The summed E-state index contributed by atoms with van der Waals surface area (Å²) >= 11 is 0. The van der Waals surface area contributed by atoms with Crippen LogP contribution >= 0.6 is 0 Å². The Kier molecular flexibility index (Phi) is 5.22. The van der Waals surface area contributed by atoms with Gasteiger partial charge in [0.25, 0.3) is 0 Å². The van der Waals surface area contributed by atoms with E-state index >= 15 is 0 Å². The summed E-state index contributed by atoms with van der Waals surface area (Å²) in [6, 6.07) is 0.363. The van der Waals surface area contributed by atoms with Gasteiger partial charge in [-0.1, -0.05) is 26.2 Å². The molecule has 0 aromatic rings. The summed E-state index contributed by atoms with van der Waals surface area (Å²) in [6.45, 7) is 5.52. The second kappa shape index (κ2) is 6.71. The Labute approximate surface area is 117 Å². The van der Waals surface area contributed by atoms with Crippen LogP contribution in [0.5, 0.6) is 0 Å². The van der Waals surface area contributed by atoms with E-state index < -0.39 is 0 Å². The fourth-order valence-electron chi connectivity index (χ4n) is 3.42. The largest absolute Gasteiger partial charge is 0.353 e. The molecule has 1 aliphatic heterocycles. The van der Waals surface area contributed by atoms with Crippen LogP contribution in [0.25, 0.3) is 0 Å². The highest BCUT2D eigenvalue weighted by Crippen LogP contribution is 2.28. The van der Waals surface area contributed by atoms with Gasteiger partial charge >= 0.3 is 0 Å². The summed E-state index contributed by atoms with van der Waals surface area (Å²) in [4.78, 5) is 14.6.